The van der Waals surface area contributed by atoms with Crippen LogP contribution in [0.25, 0.3) is 0 Å². The topological polar surface area (TPSA) is 78.5 Å². The maximum Gasteiger partial charge on any atom is 0.433 e. The Balaban J connectivity index is 2.08. The summed E-state index contributed by atoms with van der Waals surface area (Å²) in [7, 11) is -2.48. The summed E-state index contributed by atoms with van der Waals surface area (Å²) in [5.41, 5.74) is 2.02. The van der Waals surface area contributed by atoms with Gasteiger partial charge in [-0.05, 0) is 36.8 Å². The Morgan fingerprint density at radius 2 is 1.65 bits per heavy atom. The van der Waals surface area contributed by atoms with Gasteiger partial charge in [0.2, 0.25) is 0 Å². The van der Waals surface area contributed by atoms with Crippen LogP contribution in [0.5, 0.6) is 5.75 Å². The summed E-state index contributed by atoms with van der Waals surface area (Å²) in [6.45, 7) is 3.67. The van der Waals surface area contributed by atoms with E-state index < -0.39 is 15.8 Å². The smallest absolute Gasteiger partial charge is 0.433 e. The van der Waals surface area contributed by atoms with Gasteiger partial charge < -0.3 is 9.15 Å². The minimum Gasteiger partial charge on any atom is -0.497 e. The average molecular weight is 373 g/mol. The van der Waals surface area contributed by atoms with Gasteiger partial charge in [0.15, 0.2) is 0 Å². The molecule has 7 heteroatoms. The second-order valence-electron chi connectivity index (χ2n) is 6.00. The molecule has 3 aromatic rings. The van der Waals surface area contributed by atoms with Gasteiger partial charge in [0.25, 0.3) is 10.0 Å². The van der Waals surface area contributed by atoms with Gasteiger partial charge in [0, 0.05) is 5.92 Å². The summed E-state index contributed by atoms with van der Waals surface area (Å²) in [5.74, 6) is -0.605. The maximum absolute atomic E-state index is 13.0. The van der Waals surface area contributed by atoms with E-state index in [9.17, 15) is 13.2 Å². The van der Waals surface area contributed by atoms with Crippen molar-refractivity contribution in [2.75, 3.05) is 7.11 Å². The molecule has 0 radical (unpaired) electrons. The number of ether oxygens (including phenoxy) is 1. The van der Waals surface area contributed by atoms with Gasteiger partial charge in [-0.15, -0.1) is 0 Å². The van der Waals surface area contributed by atoms with Crippen LogP contribution < -0.4 is 10.5 Å². The predicted octanol–water partition coefficient (Wildman–Crippen LogP) is 3.15. The highest BCUT2D eigenvalue weighted by molar-refractivity contribution is 7.90. The van der Waals surface area contributed by atoms with E-state index in [1.807, 2.05) is 26.0 Å². The molecule has 26 heavy (non-hydrogen) atoms. The first-order valence-electron chi connectivity index (χ1n) is 8.01. The predicted molar refractivity (Wildman–Crippen MR) is 97.2 cm³/mol. The van der Waals surface area contributed by atoms with Crippen molar-refractivity contribution in [1.82, 2.24) is 3.97 Å². The highest BCUT2D eigenvalue weighted by atomic mass is 32.2. The van der Waals surface area contributed by atoms with Crippen molar-refractivity contribution in [3.63, 3.8) is 0 Å². The molecule has 1 heterocycles. The fourth-order valence-electron chi connectivity index (χ4n) is 2.71. The fourth-order valence-corrected chi connectivity index (χ4v) is 4.11. The van der Waals surface area contributed by atoms with Crippen LogP contribution in [0.1, 0.15) is 29.7 Å². The number of aryl methyl sites for hydroxylation is 1. The van der Waals surface area contributed by atoms with Crippen molar-refractivity contribution in [3.8, 4) is 5.75 Å². The summed E-state index contributed by atoms with van der Waals surface area (Å²) >= 11 is 0. The monoisotopic (exact) mass is 373 g/mol. The van der Waals surface area contributed by atoms with Crippen LogP contribution in [0.15, 0.2) is 68.9 Å². The molecule has 0 bridgehead atoms. The lowest BCUT2D eigenvalue weighted by atomic mass is 9.98. The van der Waals surface area contributed by atoms with E-state index in [4.69, 9.17) is 9.15 Å². The molecule has 0 aliphatic carbocycles. The molecule has 0 spiro atoms. The quantitative estimate of drug-likeness (QED) is 0.686. The minimum absolute atomic E-state index is 0.0368. The van der Waals surface area contributed by atoms with Crippen LogP contribution in [-0.4, -0.2) is 19.5 Å². The Morgan fingerprint density at radius 3 is 2.23 bits per heavy atom. The summed E-state index contributed by atoms with van der Waals surface area (Å²) in [6, 6.07) is 13.5. The van der Waals surface area contributed by atoms with E-state index >= 15 is 0 Å². The van der Waals surface area contributed by atoms with Crippen molar-refractivity contribution in [2.24, 2.45) is 0 Å². The third kappa shape index (κ3) is 3.17. The average Bonchev–Trinajstić information content (AvgIpc) is 3.04. The number of methoxy groups -OCH3 is 1. The third-order valence-corrected chi connectivity index (χ3v) is 6.01. The highest BCUT2D eigenvalue weighted by Gasteiger charge is 2.27. The fraction of sp³-hybridized carbons (Fsp3) is 0.211. The number of rotatable bonds is 5. The molecule has 1 unspecified atom stereocenters. The van der Waals surface area contributed by atoms with Crippen LogP contribution >= 0.6 is 0 Å². The second kappa shape index (κ2) is 6.84. The molecule has 6 nitrogen and oxygen atoms in total. The zero-order valence-corrected chi connectivity index (χ0v) is 15.5. The Hall–Kier alpha value is -2.80. The molecule has 0 aliphatic heterocycles. The SMILES string of the molecule is COc1ccc(C(C)c2coc(=O)n2S(=O)(=O)c2ccc(C)cc2)cc1. The number of benzene rings is 2. The van der Waals surface area contributed by atoms with E-state index in [0.717, 1.165) is 15.1 Å². The van der Waals surface area contributed by atoms with E-state index in [1.165, 1.54) is 18.4 Å². The molecule has 0 N–H and O–H groups in total. The highest BCUT2D eigenvalue weighted by Crippen LogP contribution is 2.27. The Labute approximate surface area is 151 Å². The molecule has 0 saturated heterocycles. The zero-order chi connectivity index (χ0) is 18.9. The lowest BCUT2D eigenvalue weighted by Gasteiger charge is -2.14. The van der Waals surface area contributed by atoms with Gasteiger partial charge in [0.1, 0.15) is 12.0 Å². The van der Waals surface area contributed by atoms with Crippen molar-refractivity contribution >= 4 is 10.0 Å². The van der Waals surface area contributed by atoms with E-state index in [0.29, 0.717) is 5.75 Å². The van der Waals surface area contributed by atoms with Crippen LogP contribution in [0.2, 0.25) is 0 Å². The van der Waals surface area contributed by atoms with Gasteiger partial charge in [-0.2, -0.15) is 3.97 Å². The van der Waals surface area contributed by atoms with Gasteiger partial charge in [-0.25, -0.2) is 13.2 Å². The second-order valence-corrected chi connectivity index (χ2v) is 7.79. The van der Waals surface area contributed by atoms with Crippen molar-refractivity contribution < 1.29 is 17.6 Å². The third-order valence-electron chi connectivity index (χ3n) is 4.30. The molecule has 2 aromatic carbocycles. The van der Waals surface area contributed by atoms with Crippen molar-refractivity contribution in [1.29, 1.82) is 0 Å². The Morgan fingerprint density at radius 1 is 1.04 bits per heavy atom. The number of hydrogen-bond acceptors (Lipinski definition) is 5. The number of hydrogen-bond donors (Lipinski definition) is 0. The zero-order valence-electron chi connectivity index (χ0n) is 14.7. The van der Waals surface area contributed by atoms with Gasteiger partial charge in [0.05, 0.1) is 17.7 Å². The molecule has 0 aliphatic rings. The van der Waals surface area contributed by atoms with E-state index in [1.54, 1.807) is 31.4 Å². The van der Waals surface area contributed by atoms with Crippen molar-refractivity contribution in [3.05, 3.63) is 82.2 Å². The minimum atomic E-state index is -4.05. The molecule has 0 fully saturated rings. The first kappa shape index (κ1) is 18.0. The summed E-state index contributed by atoms with van der Waals surface area (Å²) < 4.78 is 36.7. The molecular formula is C19H19NO5S. The Bertz CT molecular complexity index is 1060. The van der Waals surface area contributed by atoms with Gasteiger partial charge in [-0.3, -0.25) is 0 Å². The van der Waals surface area contributed by atoms with E-state index in [2.05, 4.69) is 0 Å². The van der Waals surface area contributed by atoms with Crippen LogP contribution in [-0.2, 0) is 10.0 Å². The summed E-state index contributed by atoms with van der Waals surface area (Å²) in [6.07, 6.45) is 1.20. The Kier molecular flexibility index (Phi) is 4.73. The van der Waals surface area contributed by atoms with Gasteiger partial charge >= 0.3 is 5.76 Å². The molecular weight excluding hydrogens is 354 g/mol. The summed E-state index contributed by atoms with van der Waals surface area (Å²) in [5, 5.41) is 0. The molecule has 1 aromatic heterocycles. The standard InChI is InChI=1S/C19H19NO5S/c1-13-4-10-17(11-5-13)26(22,23)20-18(12-25-19(20)21)14(2)15-6-8-16(24-3)9-7-15/h4-12,14H,1-3H3. The first-order chi connectivity index (χ1) is 12.3. The lowest BCUT2D eigenvalue weighted by molar-refractivity contribution is 0.414. The van der Waals surface area contributed by atoms with Crippen LogP contribution in [0, 0.1) is 6.92 Å². The molecule has 3 rings (SSSR count). The lowest BCUT2D eigenvalue weighted by Crippen LogP contribution is -2.26. The number of aromatic nitrogens is 1. The summed E-state index contributed by atoms with van der Waals surface area (Å²) in [4.78, 5) is 12.2. The largest absolute Gasteiger partial charge is 0.497 e. The molecule has 0 saturated carbocycles. The number of oxazole rings is 1. The first-order valence-corrected chi connectivity index (χ1v) is 9.45. The van der Waals surface area contributed by atoms with Crippen LogP contribution in [0.3, 0.4) is 0 Å². The van der Waals surface area contributed by atoms with Gasteiger partial charge in [-0.1, -0.05) is 36.8 Å². The maximum atomic E-state index is 13.0. The van der Waals surface area contributed by atoms with Crippen molar-refractivity contribution in [2.45, 2.75) is 24.7 Å². The molecule has 0 amide bonds. The molecule has 136 valence electrons. The normalized spacial score (nSPS) is 12.7. The molecule has 1 atom stereocenters. The number of nitrogens with zero attached hydrogens (tertiary/aromatic N) is 1. The van der Waals surface area contributed by atoms with E-state index in [-0.39, 0.29) is 16.5 Å². The van der Waals surface area contributed by atoms with Crippen LogP contribution in [0.4, 0.5) is 0 Å².